The van der Waals surface area contributed by atoms with Crippen LogP contribution in [0.15, 0.2) is 30.3 Å². The highest BCUT2D eigenvalue weighted by atomic mass is 15.6. The first-order chi connectivity index (χ1) is 12.1. The molecule has 1 atom stereocenters. The molecule has 136 valence electrons. The third kappa shape index (κ3) is 4.25. The molecule has 1 aromatic carbocycles. The Bertz CT molecular complexity index is 643. The molecule has 6 heteroatoms. The van der Waals surface area contributed by atoms with E-state index in [1.54, 1.807) is 0 Å². The maximum absolute atomic E-state index is 4.37. The fourth-order valence-corrected chi connectivity index (χ4v) is 3.69. The van der Waals surface area contributed by atoms with Crippen LogP contribution in [-0.4, -0.2) is 56.2 Å². The Morgan fingerprint density at radius 1 is 0.960 bits per heavy atom. The van der Waals surface area contributed by atoms with Crippen molar-refractivity contribution in [1.82, 2.24) is 30.0 Å². The quantitative estimate of drug-likeness (QED) is 0.808. The Kier molecular flexibility index (Phi) is 5.81. The molecule has 3 rings (SSSR count). The van der Waals surface area contributed by atoms with Gasteiger partial charge in [-0.3, -0.25) is 9.80 Å². The van der Waals surface area contributed by atoms with E-state index in [2.05, 4.69) is 83.4 Å². The van der Waals surface area contributed by atoms with Crippen LogP contribution in [0.5, 0.6) is 0 Å². The largest absolute Gasteiger partial charge is 0.297 e. The van der Waals surface area contributed by atoms with Crippen LogP contribution in [0.2, 0.25) is 0 Å². The van der Waals surface area contributed by atoms with E-state index in [9.17, 15) is 0 Å². The van der Waals surface area contributed by atoms with E-state index in [0.29, 0.717) is 5.92 Å². The van der Waals surface area contributed by atoms with Crippen LogP contribution in [-0.2, 0) is 6.54 Å². The molecule has 1 unspecified atom stereocenters. The fraction of sp³-hybridized carbons (Fsp3) is 0.632. The van der Waals surface area contributed by atoms with Crippen LogP contribution in [0.4, 0.5) is 0 Å². The molecule has 2 heterocycles. The van der Waals surface area contributed by atoms with Gasteiger partial charge in [-0.15, -0.1) is 5.10 Å². The van der Waals surface area contributed by atoms with Crippen LogP contribution in [0.3, 0.4) is 0 Å². The number of hydrogen-bond donors (Lipinski definition) is 0. The highest BCUT2D eigenvalue weighted by Gasteiger charge is 2.31. The molecule has 0 saturated carbocycles. The summed E-state index contributed by atoms with van der Waals surface area (Å²) < 4.78 is 1.97. The van der Waals surface area contributed by atoms with E-state index in [1.807, 2.05) is 4.68 Å². The molecule has 1 aromatic heterocycles. The summed E-state index contributed by atoms with van der Waals surface area (Å²) >= 11 is 0. The van der Waals surface area contributed by atoms with Gasteiger partial charge in [-0.25, -0.2) is 4.68 Å². The van der Waals surface area contributed by atoms with Gasteiger partial charge in [0.2, 0.25) is 0 Å². The van der Waals surface area contributed by atoms with Crippen molar-refractivity contribution in [2.45, 2.75) is 46.3 Å². The van der Waals surface area contributed by atoms with Crippen LogP contribution in [0.1, 0.15) is 51.2 Å². The summed E-state index contributed by atoms with van der Waals surface area (Å²) in [6.07, 6.45) is 0. The van der Waals surface area contributed by atoms with E-state index in [0.717, 1.165) is 38.5 Å². The molecule has 0 N–H and O–H groups in total. The van der Waals surface area contributed by atoms with Crippen molar-refractivity contribution in [3.63, 3.8) is 0 Å². The minimum atomic E-state index is 0.274. The van der Waals surface area contributed by atoms with E-state index in [-0.39, 0.29) is 12.1 Å². The van der Waals surface area contributed by atoms with Gasteiger partial charge in [0.25, 0.3) is 0 Å². The zero-order valence-electron chi connectivity index (χ0n) is 15.8. The molecule has 1 aliphatic heterocycles. The third-order valence-electron chi connectivity index (χ3n) is 4.95. The van der Waals surface area contributed by atoms with Gasteiger partial charge in [0.1, 0.15) is 0 Å². The summed E-state index contributed by atoms with van der Waals surface area (Å²) in [6, 6.07) is 11.3. The molecule has 0 aliphatic carbocycles. The molecule has 6 nitrogen and oxygen atoms in total. The molecular weight excluding hydrogens is 312 g/mol. The number of hydrogen-bond acceptors (Lipinski definition) is 5. The molecule has 0 radical (unpaired) electrons. The zero-order valence-corrected chi connectivity index (χ0v) is 15.8. The monoisotopic (exact) mass is 342 g/mol. The van der Waals surface area contributed by atoms with Crippen LogP contribution in [0, 0.1) is 5.92 Å². The SMILES string of the molecule is CC(C)C(c1nnnn1C(C)C)N1CCN(Cc2ccccc2)CC1. The standard InChI is InChI=1S/C19H30N6/c1-15(2)18(19-20-21-22-25(19)16(3)4)24-12-10-23(11-13-24)14-17-8-6-5-7-9-17/h5-9,15-16,18H,10-14H2,1-4H3. The maximum atomic E-state index is 4.37. The molecule has 1 aliphatic rings. The molecule has 0 spiro atoms. The zero-order chi connectivity index (χ0) is 17.8. The minimum absolute atomic E-state index is 0.274. The lowest BCUT2D eigenvalue weighted by Gasteiger charge is -2.40. The average molecular weight is 342 g/mol. The van der Waals surface area contributed by atoms with Gasteiger partial charge in [0.05, 0.1) is 12.1 Å². The van der Waals surface area contributed by atoms with Gasteiger partial charge in [0.15, 0.2) is 5.82 Å². The van der Waals surface area contributed by atoms with E-state index in [1.165, 1.54) is 5.56 Å². The Labute approximate surface area is 150 Å². The summed E-state index contributed by atoms with van der Waals surface area (Å²) in [7, 11) is 0. The predicted octanol–water partition coefficient (Wildman–Crippen LogP) is 2.77. The molecule has 25 heavy (non-hydrogen) atoms. The number of tetrazole rings is 1. The second-order valence-electron chi connectivity index (χ2n) is 7.56. The van der Waals surface area contributed by atoms with Gasteiger partial charge >= 0.3 is 0 Å². The van der Waals surface area contributed by atoms with Gasteiger partial charge in [0, 0.05) is 32.7 Å². The van der Waals surface area contributed by atoms with E-state index >= 15 is 0 Å². The van der Waals surface area contributed by atoms with Gasteiger partial charge in [-0.2, -0.15) is 0 Å². The maximum Gasteiger partial charge on any atom is 0.168 e. The number of benzene rings is 1. The number of piperazine rings is 1. The topological polar surface area (TPSA) is 50.1 Å². The Hall–Kier alpha value is -1.79. The first-order valence-corrected chi connectivity index (χ1v) is 9.34. The first-order valence-electron chi connectivity index (χ1n) is 9.34. The second kappa shape index (κ2) is 8.06. The lowest BCUT2D eigenvalue weighted by molar-refractivity contribution is 0.0656. The van der Waals surface area contributed by atoms with Gasteiger partial charge in [-0.05, 0) is 35.8 Å². The highest BCUT2D eigenvalue weighted by molar-refractivity contribution is 5.14. The van der Waals surface area contributed by atoms with Gasteiger partial charge < -0.3 is 0 Å². The summed E-state index contributed by atoms with van der Waals surface area (Å²) in [5, 5.41) is 12.5. The third-order valence-corrected chi connectivity index (χ3v) is 4.95. The normalized spacial score (nSPS) is 18.2. The second-order valence-corrected chi connectivity index (χ2v) is 7.56. The van der Waals surface area contributed by atoms with Crippen LogP contribution < -0.4 is 0 Å². The van der Waals surface area contributed by atoms with Crippen molar-refractivity contribution in [3.05, 3.63) is 41.7 Å². The fourth-order valence-electron chi connectivity index (χ4n) is 3.69. The predicted molar refractivity (Wildman–Crippen MR) is 99.1 cm³/mol. The summed E-state index contributed by atoms with van der Waals surface area (Å²) in [6.45, 7) is 14.1. The molecular formula is C19H30N6. The van der Waals surface area contributed by atoms with Crippen molar-refractivity contribution < 1.29 is 0 Å². The lowest BCUT2D eigenvalue weighted by Crippen LogP contribution is -2.48. The Morgan fingerprint density at radius 2 is 1.64 bits per heavy atom. The number of nitrogens with zero attached hydrogens (tertiary/aromatic N) is 6. The summed E-state index contributed by atoms with van der Waals surface area (Å²) in [5.74, 6) is 1.48. The summed E-state index contributed by atoms with van der Waals surface area (Å²) in [5.41, 5.74) is 1.39. The Balaban J connectivity index is 1.66. The van der Waals surface area contributed by atoms with Crippen LogP contribution in [0.25, 0.3) is 0 Å². The molecule has 1 saturated heterocycles. The summed E-state index contributed by atoms with van der Waals surface area (Å²) in [4.78, 5) is 5.09. The molecule has 1 fully saturated rings. The lowest BCUT2D eigenvalue weighted by atomic mass is 10.0. The van der Waals surface area contributed by atoms with Crippen molar-refractivity contribution in [1.29, 1.82) is 0 Å². The number of aromatic nitrogens is 4. The van der Waals surface area contributed by atoms with Gasteiger partial charge in [-0.1, -0.05) is 44.2 Å². The molecule has 0 amide bonds. The minimum Gasteiger partial charge on any atom is -0.297 e. The van der Waals surface area contributed by atoms with Crippen LogP contribution >= 0.6 is 0 Å². The van der Waals surface area contributed by atoms with Crippen molar-refractivity contribution in [3.8, 4) is 0 Å². The Morgan fingerprint density at radius 3 is 2.24 bits per heavy atom. The van der Waals surface area contributed by atoms with E-state index in [4.69, 9.17) is 0 Å². The van der Waals surface area contributed by atoms with Crippen molar-refractivity contribution >= 4 is 0 Å². The van der Waals surface area contributed by atoms with Crippen molar-refractivity contribution in [2.24, 2.45) is 5.92 Å². The molecule has 0 bridgehead atoms. The first kappa shape index (κ1) is 18.0. The molecule has 2 aromatic rings. The van der Waals surface area contributed by atoms with E-state index < -0.39 is 0 Å². The van der Waals surface area contributed by atoms with Crippen molar-refractivity contribution in [2.75, 3.05) is 26.2 Å². The average Bonchev–Trinajstić information content (AvgIpc) is 3.07. The number of rotatable bonds is 6. The highest BCUT2D eigenvalue weighted by Crippen LogP contribution is 2.29. The smallest absolute Gasteiger partial charge is 0.168 e.